The largest absolute Gasteiger partial charge is 0.417 e. The molecule has 6 nitrogen and oxygen atoms in total. The number of halogens is 3. The first-order chi connectivity index (χ1) is 14.9. The van der Waals surface area contributed by atoms with E-state index in [1.165, 1.54) is 19.0 Å². The molecule has 0 aliphatic heterocycles. The highest BCUT2D eigenvalue weighted by Gasteiger charge is 2.31. The van der Waals surface area contributed by atoms with Gasteiger partial charge < -0.3 is 5.32 Å². The van der Waals surface area contributed by atoms with Gasteiger partial charge in [0.2, 0.25) is 11.9 Å². The minimum absolute atomic E-state index is 0.0740. The first-order valence-electron chi connectivity index (χ1n) is 9.53. The Morgan fingerprint density at radius 1 is 1.10 bits per heavy atom. The van der Waals surface area contributed by atoms with Crippen molar-refractivity contribution in [2.75, 3.05) is 10.0 Å². The zero-order valence-corrected chi connectivity index (χ0v) is 17.0. The Morgan fingerprint density at radius 2 is 1.87 bits per heavy atom. The minimum Gasteiger partial charge on any atom is -0.326 e. The first-order valence-corrected chi connectivity index (χ1v) is 10.4. The highest BCUT2D eigenvalue weighted by molar-refractivity contribution is 8.01. The van der Waals surface area contributed by atoms with Gasteiger partial charge in [0.05, 0.1) is 17.7 Å². The van der Waals surface area contributed by atoms with Gasteiger partial charge in [0.25, 0.3) is 0 Å². The zero-order chi connectivity index (χ0) is 21.8. The quantitative estimate of drug-likeness (QED) is 0.501. The van der Waals surface area contributed by atoms with E-state index in [9.17, 15) is 18.0 Å². The molecule has 10 heteroatoms. The lowest BCUT2D eigenvalue weighted by molar-refractivity contribution is -0.137. The molecule has 1 aromatic carbocycles. The molecule has 0 saturated heterocycles. The summed E-state index contributed by atoms with van der Waals surface area (Å²) in [6, 6.07) is 9.25. The third-order valence-electron chi connectivity index (χ3n) is 4.46. The summed E-state index contributed by atoms with van der Waals surface area (Å²) in [5.74, 6) is 0.217. The van der Waals surface area contributed by atoms with Gasteiger partial charge in [0, 0.05) is 35.1 Å². The van der Waals surface area contributed by atoms with Gasteiger partial charge in [0.1, 0.15) is 0 Å². The molecule has 0 radical (unpaired) electrons. The van der Waals surface area contributed by atoms with Crippen molar-refractivity contribution in [1.82, 2.24) is 15.0 Å². The summed E-state index contributed by atoms with van der Waals surface area (Å²) >= 11 is 1.58. The fourth-order valence-corrected chi connectivity index (χ4v) is 3.48. The van der Waals surface area contributed by atoms with Gasteiger partial charge in [0.15, 0.2) is 0 Å². The molecular formula is C21H18F3N5OS. The predicted molar refractivity (Wildman–Crippen MR) is 113 cm³/mol. The van der Waals surface area contributed by atoms with Crippen LogP contribution in [0.4, 0.5) is 24.8 Å². The van der Waals surface area contributed by atoms with Gasteiger partial charge in [-0.1, -0.05) is 12.1 Å². The number of hydrogen-bond donors (Lipinski definition) is 2. The number of carbonyl (C=O) groups is 1. The molecule has 2 N–H and O–H groups in total. The van der Waals surface area contributed by atoms with Crippen molar-refractivity contribution < 1.29 is 18.0 Å². The number of benzene rings is 1. The summed E-state index contributed by atoms with van der Waals surface area (Å²) in [5.41, 5.74) is 1.22. The van der Waals surface area contributed by atoms with E-state index in [4.69, 9.17) is 0 Å². The minimum atomic E-state index is -4.45. The number of pyridine rings is 1. The van der Waals surface area contributed by atoms with Crippen LogP contribution in [0.25, 0.3) is 11.1 Å². The Hall–Kier alpha value is -3.14. The van der Waals surface area contributed by atoms with E-state index in [0.29, 0.717) is 33.7 Å². The summed E-state index contributed by atoms with van der Waals surface area (Å²) in [5, 5.41) is 3.37. The smallest absolute Gasteiger partial charge is 0.326 e. The molecule has 0 unspecified atom stereocenters. The Kier molecular flexibility index (Phi) is 6.08. The summed E-state index contributed by atoms with van der Waals surface area (Å²) in [4.78, 5) is 24.5. The number of hydrogen-bond acceptors (Lipinski definition) is 6. The summed E-state index contributed by atoms with van der Waals surface area (Å²) in [7, 11) is 0. The molecule has 1 fully saturated rings. The number of nitrogens with one attached hydrogen (secondary N) is 2. The standard InChI is InChI=1S/C21H18F3N5OS/c22-21(23,24)15-9-14(11-25-12-15)13-1-3-16(4-2-13)27-19(30)10-17-7-8-26-20(28-17)29-31-18-5-6-18/h1-4,7-9,11-12,18H,5-6,10H2,(H,27,30)(H,26,28,29). The lowest BCUT2D eigenvalue weighted by Crippen LogP contribution is -2.15. The van der Waals surface area contributed by atoms with E-state index >= 15 is 0 Å². The number of carbonyl (C=O) groups excluding carboxylic acids is 1. The zero-order valence-electron chi connectivity index (χ0n) is 16.2. The number of alkyl halides is 3. The predicted octanol–water partition coefficient (Wildman–Crippen LogP) is 4.96. The van der Waals surface area contributed by atoms with E-state index in [1.807, 2.05) is 0 Å². The van der Waals surface area contributed by atoms with Crippen molar-refractivity contribution in [2.24, 2.45) is 0 Å². The van der Waals surface area contributed by atoms with Gasteiger partial charge in [-0.25, -0.2) is 9.97 Å². The van der Waals surface area contributed by atoms with Gasteiger partial charge in [-0.15, -0.1) is 0 Å². The number of anilines is 2. The Morgan fingerprint density at radius 3 is 2.58 bits per heavy atom. The van der Waals surface area contributed by atoms with Crippen LogP contribution in [0.2, 0.25) is 0 Å². The topological polar surface area (TPSA) is 79.8 Å². The van der Waals surface area contributed by atoms with Crippen molar-refractivity contribution in [3.8, 4) is 11.1 Å². The van der Waals surface area contributed by atoms with E-state index in [2.05, 4.69) is 25.0 Å². The van der Waals surface area contributed by atoms with Gasteiger partial charge in [-0.2, -0.15) is 13.2 Å². The third-order valence-corrected chi connectivity index (χ3v) is 5.57. The van der Waals surface area contributed by atoms with E-state index in [-0.39, 0.29) is 12.3 Å². The van der Waals surface area contributed by atoms with Crippen LogP contribution in [-0.2, 0) is 17.4 Å². The lowest BCUT2D eigenvalue weighted by atomic mass is 10.1. The normalized spacial score (nSPS) is 13.6. The Bertz CT molecular complexity index is 1070. The number of rotatable bonds is 7. The highest BCUT2D eigenvalue weighted by atomic mass is 32.2. The van der Waals surface area contributed by atoms with Crippen LogP contribution in [0.15, 0.2) is 55.0 Å². The summed E-state index contributed by atoms with van der Waals surface area (Å²) in [6.07, 6.45) is 1.74. The molecule has 31 heavy (non-hydrogen) atoms. The average Bonchev–Trinajstić information content (AvgIpc) is 3.57. The van der Waals surface area contributed by atoms with Gasteiger partial charge >= 0.3 is 6.18 Å². The number of amides is 1. The molecule has 3 aromatic rings. The van der Waals surface area contributed by atoms with Crippen LogP contribution < -0.4 is 10.0 Å². The second-order valence-corrected chi connectivity index (χ2v) is 8.16. The van der Waals surface area contributed by atoms with Crippen molar-refractivity contribution in [1.29, 1.82) is 0 Å². The fraction of sp³-hybridized carbons (Fsp3) is 0.238. The maximum Gasteiger partial charge on any atom is 0.417 e. The molecule has 0 atom stereocenters. The average molecular weight is 445 g/mol. The van der Waals surface area contributed by atoms with Gasteiger partial charge in [-0.3, -0.25) is 14.5 Å². The number of nitrogens with zero attached hydrogens (tertiary/aromatic N) is 3. The van der Waals surface area contributed by atoms with Crippen molar-refractivity contribution in [3.63, 3.8) is 0 Å². The molecule has 1 saturated carbocycles. The monoisotopic (exact) mass is 445 g/mol. The molecular weight excluding hydrogens is 427 g/mol. The molecule has 1 aliphatic carbocycles. The van der Waals surface area contributed by atoms with E-state index < -0.39 is 11.7 Å². The maximum absolute atomic E-state index is 12.9. The fourth-order valence-electron chi connectivity index (χ4n) is 2.73. The molecule has 4 rings (SSSR count). The van der Waals surface area contributed by atoms with Crippen LogP contribution in [0.1, 0.15) is 24.1 Å². The second kappa shape index (κ2) is 8.93. The highest BCUT2D eigenvalue weighted by Crippen LogP contribution is 2.34. The molecule has 2 heterocycles. The molecule has 2 aromatic heterocycles. The lowest BCUT2D eigenvalue weighted by Gasteiger charge is -2.09. The van der Waals surface area contributed by atoms with Crippen LogP contribution >= 0.6 is 11.9 Å². The number of aromatic nitrogens is 3. The first kappa shape index (κ1) is 21.1. The van der Waals surface area contributed by atoms with Crippen LogP contribution in [0, 0.1) is 0 Å². The van der Waals surface area contributed by atoms with Crippen LogP contribution in [-0.4, -0.2) is 26.1 Å². The molecule has 0 spiro atoms. The van der Waals surface area contributed by atoms with Crippen molar-refractivity contribution in [2.45, 2.75) is 30.7 Å². The Labute approximate surface area is 180 Å². The van der Waals surface area contributed by atoms with Crippen molar-refractivity contribution in [3.05, 3.63) is 66.2 Å². The third kappa shape index (κ3) is 5.94. The molecule has 1 aliphatic rings. The van der Waals surface area contributed by atoms with Gasteiger partial charge in [-0.05, 0) is 54.6 Å². The van der Waals surface area contributed by atoms with E-state index in [0.717, 1.165) is 12.3 Å². The maximum atomic E-state index is 12.9. The summed E-state index contributed by atoms with van der Waals surface area (Å²) in [6.45, 7) is 0. The SMILES string of the molecule is O=C(Cc1ccnc(NSC2CC2)n1)Nc1ccc(-c2cncc(C(F)(F)F)c2)cc1. The van der Waals surface area contributed by atoms with E-state index in [1.54, 1.807) is 48.5 Å². The van der Waals surface area contributed by atoms with Crippen molar-refractivity contribution >= 4 is 29.5 Å². The molecule has 1 amide bonds. The summed E-state index contributed by atoms with van der Waals surface area (Å²) < 4.78 is 41.7. The van der Waals surface area contributed by atoms with Crippen LogP contribution in [0.3, 0.4) is 0 Å². The molecule has 0 bridgehead atoms. The Balaban J connectivity index is 1.37. The van der Waals surface area contributed by atoms with Crippen LogP contribution in [0.5, 0.6) is 0 Å². The second-order valence-electron chi connectivity index (χ2n) is 7.05. The molecule has 160 valence electrons.